The second-order valence-electron chi connectivity index (χ2n) is 9.35. The molecule has 2 aliphatic rings. The SMILES string of the molecule is COC1NC(C(C)C(=O)[N+]2(C)C=CN=C2)C1C(C)O[Si](C)(C)C(C)(C)C. The lowest BCUT2D eigenvalue weighted by atomic mass is 9.77. The van der Waals surface area contributed by atoms with Crippen molar-refractivity contribution in [1.29, 1.82) is 0 Å². The van der Waals surface area contributed by atoms with E-state index >= 15 is 0 Å². The number of carbonyl (C=O) groups excluding carboxylic acids is 1. The Morgan fingerprint density at radius 2 is 1.92 bits per heavy atom. The van der Waals surface area contributed by atoms with Crippen LogP contribution in [0.15, 0.2) is 17.4 Å². The second kappa shape index (κ2) is 7.28. The Labute approximate surface area is 159 Å². The van der Waals surface area contributed by atoms with E-state index in [9.17, 15) is 4.79 Å². The zero-order valence-corrected chi connectivity index (χ0v) is 18.7. The molecule has 0 aromatic heterocycles. The standard InChI is InChI=1S/C19H36N3O3Si/c1-13(18(23)22(6)11-10-20-12-22)16-15(17(21-16)24-7)14(2)25-26(8,9)19(3,4)5/h10-17,21H,1-9H3/q+1. The molecule has 6 nitrogen and oxygen atoms in total. The first-order chi connectivity index (χ1) is 11.8. The zero-order valence-electron chi connectivity index (χ0n) is 17.7. The fourth-order valence-corrected chi connectivity index (χ4v) is 5.00. The molecule has 148 valence electrons. The van der Waals surface area contributed by atoms with E-state index in [1.54, 1.807) is 19.6 Å². The lowest BCUT2D eigenvalue weighted by Crippen LogP contribution is -2.70. The number of hydrogen-bond donors (Lipinski definition) is 1. The smallest absolute Gasteiger partial charge is 0.328 e. The van der Waals surface area contributed by atoms with Gasteiger partial charge in [0.15, 0.2) is 8.32 Å². The number of amides is 1. The Hall–Kier alpha value is -0.863. The largest absolute Gasteiger partial charge is 0.414 e. The molecule has 1 amide bonds. The summed E-state index contributed by atoms with van der Waals surface area (Å²) in [6.07, 6.45) is 5.11. The van der Waals surface area contributed by atoms with Crippen LogP contribution in [0.5, 0.6) is 0 Å². The van der Waals surface area contributed by atoms with E-state index in [2.05, 4.69) is 51.1 Å². The molecule has 6 atom stereocenters. The van der Waals surface area contributed by atoms with Gasteiger partial charge in [-0.25, -0.2) is 9.79 Å². The molecular formula is C19H36N3O3Si+. The van der Waals surface area contributed by atoms with Crippen molar-refractivity contribution in [3.8, 4) is 0 Å². The molecule has 7 heteroatoms. The monoisotopic (exact) mass is 382 g/mol. The summed E-state index contributed by atoms with van der Waals surface area (Å²) in [7, 11) is 1.68. The lowest BCUT2D eigenvalue weighted by molar-refractivity contribution is -0.676. The van der Waals surface area contributed by atoms with Crippen molar-refractivity contribution in [3.63, 3.8) is 0 Å². The van der Waals surface area contributed by atoms with Crippen molar-refractivity contribution >= 4 is 20.6 Å². The van der Waals surface area contributed by atoms with E-state index in [0.29, 0.717) is 0 Å². The molecule has 2 heterocycles. The Balaban J connectivity index is 2.14. The molecule has 0 spiro atoms. The molecule has 0 saturated carbocycles. The molecule has 0 aliphatic carbocycles. The molecular weight excluding hydrogens is 346 g/mol. The van der Waals surface area contributed by atoms with Crippen molar-refractivity contribution in [1.82, 2.24) is 5.32 Å². The summed E-state index contributed by atoms with van der Waals surface area (Å²) in [5, 5.41) is 3.57. The van der Waals surface area contributed by atoms with Crippen LogP contribution in [-0.4, -0.2) is 57.6 Å². The van der Waals surface area contributed by atoms with E-state index in [-0.39, 0.29) is 45.6 Å². The average molecular weight is 383 g/mol. The van der Waals surface area contributed by atoms with Gasteiger partial charge in [0, 0.05) is 19.1 Å². The molecule has 1 saturated heterocycles. The normalized spacial score (nSPS) is 33.8. The predicted molar refractivity (Wildman–Crippen MR) is 107 cm³/mol. The van der Waals surface area contributed by atoms with Crippen molar-refractivity contribution in [2.75, 3.05) is 14.2 Å². The number of quaternary nitrogens is 1. The Bertz CT molecular complexity index is 585. The second-order valence-corrected chi connectivity index (χ2v) is 14.1. The van der Waals surface area contributed by atoms with Crippen molar-refractivity contribution < 1.29 is 18.4 Å². The fourth-order valence-electron chi connectivity index (χ4n) is 3.56. The summed E-state index contributed by atoms with van der Waals surface area (Å²) in [4.78, 5) is 17.1. The highest BCUT2D eigenvalue weighted by Gasteiger charge is 2.53. The van der Waals surface area contributed by atoms with Gasteiger partial charge in [-0.05, 0) is 32.0 Å². The van der Waals surface area contributed by atoms with Crippen LogP contribution < -0.4 is 5.32 Å². The van der Waals surface area contributed by atoms with E-state index in [1.807, 2.05) is 20.2 Å². The van der Waals surface area contributed by atoms with E-state index in [1.165, 1.54) is 0 Å². The first-order valence-corrected chi connectivity index (χ1v) is 12.3. The van der Waals surface area contributed by atoms with Gasteiger partial charge in [0.1, 0.15) is 12.4 Å². The highest BCUT2D eigenvalue weighted by atomic mass is 28.4. The maximum absolute atomic E-state index is 13.0. The molecule has 0 radical (unpaired) electrons. The first kappa shape index (κ1) is 21.4. The summed E-state index contributed by atoms with van der Waals surface area (Å²) >= 11 is 0. The number of carbonyl (C=O) groups is 1. The van der Waals surface area contributed by atoms with Gasteiger partial charge in [0.05, 0.1) is 25.3 Å². The van der Waals surface area contributed by atoms with Crippen LogP contribution in [0.2, 0.25) is 18.1 Å². The summed E-state index contributed by atoms with van der Waals surface area (Å²) in [6, 6.07) is 0.0320. The topological polar surface area (TPSA) is 59.9 Å². The van der Waals surface area contributed by atoms with Crippen molar-refractivity contribution in [3.05, 3.63) is 12.4 Å². The summed E-state index contributed by atoms with van der Waals surface area (Å²) in [5.74, 6) is 0.0957. The number of methoxy groups -OCH3 is 1. The van der Waals surface area contributed by atoms with Gasteiger partial charge in [-0.1, -0.05) is 20.8 Å². The summed E-state index contributed by atoms with van der Waals surface area (Å²) in [6.45, 7) is 15.4. The minimum absolute atomic E-state index is 0.0236. The van der Waals surface area contributed by atoms with E-state index in [4.69, 9.17) is 9.16 Å². The predicted octanol–water partition coefficient (Wildman–Crippen LogP) is 3.08. The minimum atomic E-state index is -1.89. The van der Waals surface area contributed by atoms with Crippen LogP contribution in [0.3, 0.4) is 0 Å². The van der Waals surface area contributed by atoms with Crippen LogP contribution in [0.4, 0.5) is 0 Å². The molecule has 6 unspecified atom stereocenters. The van der Waals surface area contributed by atoms with Gasteiger partial charge in [-0.2, -0.15) is 4.48 Å². The first-order valence-electron chi connectivity index (χ1n) is 9.43. The fraction of sp³-hybridized carbons (Fsp3) is 0.789. The third kappa shape index (κ3) is 3.87. The quantitative estimate of drug-likeness (QED) is 0.566. The molecule has 1 N–H and O–H groups in total. The van der Waals surface area contributed by atoms with Gasteiger partial charge >= 0.3 is 5.91 Å². The van der Waals surface area contributed by atoms with Crippen molar-refractivity contribution in [2.45, 2.75) is 71.1 Å². The van der Waals surface area contributed by atoms with Crippen LogP contribution in [0, 0.1) is 11.8 Å². The maximum Gasteiger partial charge on any atom is 0.328 e. The van der Waals surface area contributed by atoms with E-state index < -0.39 is 8.32 Å². The lowest BCUT2D eigenvalue weighted by Gasteiger charge is -2.52. The number of hydrogen-bond acceptors (Lipinski definition) is 5. The molecule has 0 bridgehead atoms. The third-order valence-corrected chi connectivity index (χ3v) is 10.9. The van der Waals surface area contributed by atoms with Gasteiger partial charge in [0.2, 0.25) is 6.34 Å². The molecule has 0 aromatic rings. The molecule has 0 aromatic carbocycles. The molecule has 26 heavy (non-hydrogen) atoms. The van der Waals surface area contributed by atoms with Gasteiger partial charge in [0.25, 0.3) is 0 Å². The van der Waals surface area contributed by atoms with Crippen molar-refractivity contribution in [2.24, 2.45) is 16.8 Å². The minimum Gasteiger partial charge on any atom is -0.414 e. The Morgan fingerprint density at radius 3 is 2.38 bits per heavy atom. The van der Waals surface area contributed by atoms with Crippen LogP contribution in [-0.2, 0) is 14.0 Å². The molecule has 2 rings (SSSR count). The highest BCUT2D eigenvalue weighted by molar-refractivity contribution is 6.74. The average Bonchev–Trinajstić information content (AvgIpc) is 2.91. The summed E-state index contributed by atoms with van der Waals surface area (Å²) < 4.78 is 12.3. The number of ether oxygens (including phenoxy) is 1. The van der Waals surface area contributed by atoms with Gasteiger partial charge in [-0.3, -0.25) is 5.32 Å². The van der Waals surface area contributed by atoms with Gasteiger partial charge in [-0.15, -0.1) is 0 Å². The van der Waals surface area contributed by atoms with Crippen LogP contribution in [0.25, 0.3) is 0 Å². The maximum atomic E-state index is 13.0. The number of nitrogens with zero attached hydrogens (tertiary/aromatic N) is 2. The zero-order chi connectivity index (χ0) is 19.9. The Morgan fingerprint density at radius 1 is 1.31 bits per heavy atom. The molecule has 1 fully saturated rings. The Kier molecular flexibility index (Phi) is 6.00. The van der Waals surface area contributed by atoms with Crippen LogP contribution in [0.1, 0.15) is 34.6 Å². The number of rotatable bonds is 6. The number of nitrogens with one attached hydrogen (secondary N) is 1. The van der Waals surface area contributed by atoms with Crippen LogP contribution >= 0.6 is 0 Å². The summed E-state index contributed by atoms with van der Waals surface area (Å²) in [5.41, 5.74) is 0. The number of aliphatic imine (C=N–C) groups is 1. The molecule has 2 aliphatic heterocycles. The highest BCUT2D eigenvalue weighted by Crippen LogP contribution is 2.41. The third-order valence-electron chi connectivity index (χ3n) is 6.38. The van der Waals surface area contributed by atoms with E-state index in [0.717, 1.165) is 0 Å². The van der Waals surface area contributed by atoms with Gasteiger partial charge < -0.3 is 9.16 Å².